The van der Waals surface area contributed by atoms with Gasteiger partial charge in [0, 0.05) is 18.9 Å². The highest BCUT2D eigenvalue weighted by Crippen LogP contribution is 2.14. The number of halogens is 1. The van der Waals surface area contributed by atoms with Crippen LogP contribution in [0.15, 0.2) is 30.6 Å². The van der Waals surface area contributed by atoms with Crippen LogP contribution in [0.5, 0.6) is 0 Å². The molecule has 0 saturated heterocycles. The minimum atomic E-state index is -0.170. The number of rotatable bonds is 4. The van der Waals surface area contributed by atoms with Crippen molar-refractivity contribution in [2.75, 3.05) is 20.1 Å². The molecule has 2 heterocycles. The van der Waals surface area contributed by atoms with Crippen LogP contribution in [0.1, 0.15) is 12.5 Å². The van der Waals surface area contributed by atoms with Crippen molar-refractivity contribution in [3.8, 4) is 0 Å². The van der Waals surface area contributed by atoms with E-state index in [2.05, 4.69) is 24.9 Å². The van der Waals surface area contributed by atoms with Gasteiger partial charge in [-0.3, -0.25) is 0 Å². The average Bonchev–Trinajstić information content (AvgIpc) is 2.68. The molecule has 0 fully saturated rings. The quantitative estimate of drug-likeness (QED) is 0.768. The zero-order chi connectivity index (χ0) is 11.5. The highest BCUT2D eigenvalue weighted by atomic mass is 19.1. The van der Waals surface area contributed by atoms with Crippen LogP contribution in [0.25, 0.3) is 5.52 Å². The number of hydrogen-bond acceptors (Lipinski definition) is 1. The molecule has 0 aliphatic carbocycles. The summed E-state index contributed by atoms with van der Waals surface area (Å²) in [5.41, 5.74) is 2.18. The number of nitrogens with zero attached hydrogens (tertiary/aromatic N) is 2. The molecule has 2 nitrogen and oxygen atoms in total. The van der Waals surface area contributed by atoms with Gasteiger partial charge in [-0.2, -0.15) is 0 Å². The Morgan fingerprint density at radius 3 is 2.81 bits per heavy atom. The van der Waals surface area contributed by atoms with Crippen LogP contribution in [0.4, 0.5) is 4.39 Å². The molecule has 0 aliphatic heterocycles. The van der Waals surface area contributed by atoms with Gasteiger partial charge in [0.1, 0.15) is 5.82 Å². The van der Waals surface area contributed by atoms with Gasteiger partial charge in [-0.05, 0) is 43.8 Å². The highest BCUT2D eigenvalue weighted by molar-refractivity contribution is 5.55. The van der Waals surface area contributed by atoms with Gasteiger partial charge in [-0.1, -0.05) is 6.92 Å². The topological polar surface area (TPSA) is 7.65 Å². The van der Waals surface area contributed by atoms with Crippen LogP contribution >= 0.6 is 0 Å². The Balaban J connectivity index is 2.21. The Morgan fingerprint density at radius 1 is 1.31 bits per heavy atom. The Hall–Kier alpha value is -1.35. The van der Waals surface area contributed by atoms with Crippen molar-refractivity contribution >= 4 is 5.52 Å². The predicted octanol–water partition coefficient (Wildman–Crippen LogP) is 2.57. The van der Waals surface area contributed by atoms with Gasteiger partial charge in [0.2, 0.25) is 0 Å². The lowest BCUT2D eigenvalue weighted by Gasteiger charge is -2.12. The molecule has 0 radical (unpaired) electrons. The largest absolute Gasteiger partial charge is 0.323 e. The summed E-state index contributed by atoms with van der Waals surface area (Å²) in [7, 11) is 2.10. The Bertz CT molecular complexity index is 476. The molecule has 0 atom stereocenters. The maximum atomic E-state index is 13.1. The molecule has 3 heteroatoms. The molecule has 2 aromatic rings. The zero-order valence-electron chi connectivity index (χ0n) is 9.78. The van der Waals surface area contributed by atoms with Crippen molar-refractivity contribution in [3.63, 3.8) is 0 Å². The molecular formula is C13H17FN2. The van der Waals surface area contributed by atoms with Crippen LogP contribution in [-0.4, -0.2) is 29.4 Å². The standard InChI is InChI=1S/C13H17FN2/c1-3-15(2)7-4-11-5-8-16-9-6-12(14)10-13(11)16/h5-6,8-10H,3-4,7H2,1-2H3. The fourth-order valence-electron chi connectivity index (χ4n) is 1.81. The van der Waals surface area contributed by atoms with Gasteiger partial charge in [0.25, 0.3) is 0 Å². The van der Waals surface area contributed by atoms with E-state index in [1.165, 1.54) is 11.6 Å². The third-order valence-corrected chi connectivity index (χ3v) is 3.02. The van der Waals surface area contributed by atoms with E-state index in [1.807, 2.05) is 10.6 Å². The minimum Gasteiger partial charge on any atom is -0.323 e. The summed E-state index contributed by atoms with van der Waals surface area (Å²) >= 11 is 0. The van der Waals surface area contributed by atoms with Crippen molar-refractivity contribution in [1.29, 1.82) is 0 Å². The monoisotopic (exact) mass is 220 g/mol. The number of likely N-dealkylation sites (N-methyl/N-ethyl adjacent to an activating group) is 1. The summed E-state index contributed by atoms with van der Waals surface area (Å²) in [5.74, 6) is -0.170. The van der Waals surface area contributed by atoms with Crippen LogP contribution in [0.2, 0.25) is 0 Å². The second-order valence-electron chi connectivity index (χ2n) is 4.12. The number of fused-ring (bicyclic) bond motifs is 1. The molecule has 0 aliphatic rings. The molecule has 0 bridgehead atoms. The van der Waals surface area contributed by atoms with Crippen LogP contribution in [0.3, 0.4) is 0 Å². The first-order valence-corrected chi connectivity index (χ1v) is 5.64. The highest BCUT2D eigenvalue weighted by Gasteiger charge is 2.04. The van der Waals surface area contributed by atoms with E-state index in [0.717, 1.165) is 25.0 Å². The van der Waals surface area contributed by atoms with E-state index in [1.54, 1.807) is 12.3 Å². The summed E-state index contributed by atoms with van der Waals surface area (Å²) in [6, 6.07) is 5.15. The molecule has 86 valence electrons. The van der Waals surface area contributed by atoms with E-state index in [4.69, 9.17) is 0 Å². The maximum absolute atomic E-state index is 13.1. The fraction of sp³-hybridized carbons (Fsp3) is 0.385. The van der Waals surface area contributed by atoms with Gasteiger partial charge in [0.05, 0.1) is 5.52 Å². The maximum Gasteiger partial charge on any atom is 0.126 e. The summed E-state index contributed by atoms with van der Waals surface area (Å²) in [5, 5.41) is 0. The van der Waals surface area contributed by atoms with Crippen LogP contribution < -0.4 is 0 Å². The van der Waals surface area contributed by atoms with E-state index in [-0.39, 0.29) is 5.82 Å². The molecule has 0 aromatic carbocycles. The number of hydrogen-bond donors (Lipinski definition) is 0. The third kappa shape index (κ3) is 2.25. The number of pyridine rings is 1. The first kappa shape index (κ1) is 11.1. The smallest absolute Gasteiger partial charge is 0.126 e. The summed E-state index contributed by atoms with van der Waals surface area (Å²) in [6.45, 7) is 4.18. The van der Waals surface area contributed by atoms with Crippen LogP contribution in [0, 0.1) is 5.82 Å². The van der Waals surface area contributed by atoms with Crippen LogP contribution in [-0.2, 0) is 6.42 Å². The Labute approximate surface area is 95.3 Å². The normalized spacial score (nSPS) is 11.5. The molecule has 2 aromatic heterocycles. The lowest BCUT2D eigenvalue weighted by atomic mass is 10.2. The lowest BCUT2D eigenvalue weighted by molar-refractivity contribution is 0.358. The van der Waals surface area contributed by atoms with Gasteiger partial charge < -0.3 is 9.30 Å². The van der Waals surface area contributed by atoms with Crippen molar-refractivity contribution in [2.45, 2.75) is 13.3 Å². The van der Waals surface area contributed by atoms with E-state index in [9.17, 15) is 4.39 Å². The Morgan fingerprint density at radius 2 is 2.06 bits per heavy atom. The van der Waals surface area contributed by atoms with Crippen molar-refractivity contribution in [1.82, 2.24) is 9.30 Å². The molecule has 0 saturated carbocycles. The fourth-order valence-corrected chi connectivity index (χ4v) is 1.81. The van der Waals surface area contributed by atoms with E-state index in [0.29, 0.717) is 0 Å². The van der Waals surface area contributed by atoms with E-state index >= 15 is 0 Å². The molecule has 0 unspecified atom stereocenters. The lowest BCUT2D eigenvalue weighted by Crippen LogP contribution is -2.20. The van der Waals surface area contributed by atoms with Crippen molar-refractivity contribution in [2.24, 2.45) is 0 Å². The SMILES string of the molecule is CCN(C)CCc1ccn2ccc(F)cc12. The van der Waals surface area contributed by atoms with Gasteiger partial charge >= 0.3 is 0 Å². The first-order chi connectivity index (χ1) is 7.70. The summed E-state index contributed by atoms with van der Waals surface area (Å²) in [4.78, 5) is 2.25. The minimum absolute atomic E-state index is 0.170. The molecule has 0 N–H and O–H groups in total. The molecule has 0 spiro atoms. The predicted molar refractivity (Wildman–Crippen MR) is 64.2 cm³/mol. The molecule has 16 heavy (non-hydrogen) atoms. The van der Waals surface area contributed by atoms with Gasteiger partial charge in [-0.25, -0.2) is 4.39 Å². The van der Waals surface area contributed by atoms with Gasteiger partial charge in [0.15, 0.2) is 0 Å². The van der Waals surface area contributed by atoms with Crippen molar-refractivity contribution in [3.05, 3.63) is 42.0 Å². The average molecular weight is 220 g/mol. The van der Waals surface area contributed by atoms with E-state index < -0.39 is 0 Å². The first-order valence-electron chi connectivity index (χ1n) is 5.64. The Kier molecular flexibility index (Phi) is 3.25. The zero-order valence-corrected chi connectivity index (χ0v) is 9.78. The third-order valence-electron chi connectivity index (χ3n) is 3.02. The summed E-state index contributed by atoms with van der Waals surface area (Å²) in [6.07, 6.45) is 4.71. The molecular weight excluding hydrogens is 203 g/mol. The molecule has 2 rings (SSSR count). The van der Waals surface area contributed by atoms with Crippen molar-refractivity contribution < 1.29 is 4.39 Å². The second-order valence-corrected chi connectivity index (χ2v) is 4.12. The number of aromatic nitrogens is 1. The second kappa shape index (κ2) is 4.66. The van der Waals surface area contributed by atoms with Gasteiger partial charge in [-0.15, -0.1) is 0 Å². The summed E-state index contributed by atoms with van der Waals surface area (Å²) < 4.78 is 15.1. The molecule has 0 amide bonds.